The molecular weight excluding hydrogens is 475 g/mol. The van der Waals surface area contributed by atoms with E-state index in [1.165, 1.54) is 13.1 Å². The Morgan fingerprint density at radius 1 is 1.12 bits per heavy atom. The fourth-order valence-electron chi connectivity index (χ4n) is 3.20. The number of H-pyrrole nitrogens is 1. The Morgan fingerprint density at radius 2 is 1.82 bits per heavy atom. The number of amides is 2. The topological polar surface area (TPSA) is 98.4 Å². The van der Waals surface area contributed by atoms with Crippen LogP contribution in [0.3, 0.4) is 0 Å². The number of aromatic amines is 1. The monoisotopic (exact) mass is 495 g/mol. The van der Waals surface area contributed by atoms with Gasteiger partial charge in [0.15, 0.2) is 0 Å². The minimum Gasteiger partial charge on any atom is -0.335 e. The maximum Gasteiger partial charge on any atom is 0.417 e. The maximum atomic E-state index is 13.0. The van der Waals surface area contributed by atoms with E-state index < -0.39 is 28.6 Å². The number of halogens is 4. The molecule has 0 saturated heterocycles. The number of fused-ring (bicyclic) bond motifs is 1. The van der Waals surface area contributed by atoms with Gasteiger partial charge in [0.25, 0.3) is 5.56 Å². The van der Waals surface area contributed by atoms with Crippen LogP contribution in [0.5, 0.6) is 0 Å². The fourth-order valence-corrected chi connectivity index (χ4v) is 3.42. The summed E-state index contributed by atoms with van der Waals surface area (Å²) in [5.74, 6) is -0.704. The van der Waals surface area contributed by atoms with Gasteiger partial charge in [0.1, 0.15) is 5.82 Å². The second-order valence-electron chi connectivity index (χ2n) is 7.69. The minimum atomic E-state index is -4.67. The predicted octanol–water partition coefficient (Wildman–Crippen LogP) is 3.12. The number of hydrogen-bond acceptors (Lipinski definition) is 5. The maximum absolute atomic E-state index is 13.0. The van der Waals surface area contributed by atoms with Crippen molar-refractivity contribution in [1.82, 2.24) is 19.8 Å². The van der Waals surface area contributed by atoms with Crippen molar-refractivity contribution in [2.45, 2.75) is 12.7 Å². The molecule has 1 aromatic heterocycles. The van der Waals surface area contributed by atoms with Gasteiger partial charge >= 0.3 is 6.18 Å². The van der Waals surface area contributed by atoms with Crippen molar-refractivity contribution in [3.05, 3.63) is 69.2 Å². The number of anilines is 1. The number of aromatic nitrogens is 2. The van der Waals surface area contributed by atoms with Gasteiger partial charge in [-0.15, -0.1) is 0 Å². The molecule has 0 saturated carbocycles. The van der Waals surface area contributed by atoms with Gasteiger partial charge in [0.05, 0.1) is 41.1 Å². The molecule has 0 unspecified atom stereocenters. The van der Waals surface area contributed by atoms with E-state index in [4.69, 9.17) is 11.6 Å². The number of carbonyl (C=O) groups is 2. The molecule has 8 nitrogen and oxygen atoms in total. The molecule has 1 heterocycles. The highest BCUT2D eigenvalue weighted by molar-refractivity contribution is 6.31. The van der Waals surface area contributed by atoms with Crippen LogP contribution in [0.4, 0.5) is 18.9 Å². The van der Waals surface area contributed by atoms with Gasteiger partial charge in [-0.05, 0) is 37.4 Å². The quantitative estimate of drug-likeness (QED) is 0.525. The third-order valence-electron chi connectivity index (χ3n) is 4.85. The summed E-state index contributed by atoms with van der Waals surface area (Å²) in [6.07, 6.45) is -4.67. The van der Waals surface area contributed by atoms with E-state index in [0.29, 0.717) is 16.7 Å². The minimum absolute atomic E-state index is 0.0838. The Balaban J connectivity index is 1.56. The lowest BCUT2D eigenvalue weighted by atomic mass is 10.2. The van der Waals surface area contributed by atoms with Crippen LogP contribution in [0.1, 0.15) is 11.4 Å². The molecule has 34 heavy (non-hydrogen) atoms. The van der Waals surface area contributed by atoms with E-state index in [1.807, 2.05) is 0 Å². The van der Waals surface area contributed by atoms with Crippen molar-refractivity contribution >= 4 is 40.0 Å². The highest BCUT2D eigenvalue weighted by atomic mass is 35.5. The van der Waals surface area contributed by atoms with Crippen molar-refractivity contribution in [2.75, 3.05) is 32.5 Å². The van der Waals surface area contributed by atoms with Crippen LogP contribution in [-0.4, -0.2) is 58.8 Å². The van der Waals surface area contributed by atoms with E-state index in [2.05, 4.69) is 15.3 Å². The summed E-state index contributed by atoms with van der Waals surface area (Å²) in [6.45, 7) is -0.280. The number of alkyl halides is 3. The van der Waals surface area contributed by atoms with E-state index in [1.54, 1.807) is 36.2 Å². The lowest BCUT2D eigenvalue weighted by Crippen LogP contribution is -2.40. The Hall–Kier alpha value is -3.44. The van der Waals surface area contributed by atoms with Gasteiger partial charge in [0.2, 0.25) is 11.8 Å². The Morgan fingerprint density at radius 3 is 2.53 bits per heavy atom. The fraction of sp³-hybridized carbons (Fsp3) is 0.273. The number of likely N-dealkylation sites (N-methyl/N-ethyl adjacent to an activating group) is 2. The summed E-state index contributed by atoms with van der Waals surface area (Å²) in [7, 11) is 3.04. The summed E-state index contributed by atoms with van der Waals surface area (Å²) in [6, 6.07) is 9.87. The summed E-state index contributed by atoms with van der Waals surface area (Å²) >= 11 is 5.57. The number of rotatable bonds is 7. The molecule has 2 amide bonds. The van der Waals surface area contributed by atoms with Crippen molar-refractivity contribution < 1.29 is 22.8 Å². The van der Waals surface area contributed by atoms with Crippen LogP contribution in [0.25, 0.3) is 10.9 Å². The number of para-hydroxylation sites is 1. The summed E-state index contributed by atoms with van der Waals surface area (Å²) < 4.78 is 38.9. The van der Waals surface area contributed by atoms with Crippen LogP contribution in [0, 0.1) is 0 Å². The van der Waals surface area contributed by atoms with Gasteiger partial charge in [-0.3, -0.25) is 19.3 Å². The third-order valence-corrected chi connectivity index (χ3v) is 5.18. The third kappa shape index (κ3) is 6.33. The van der Waals surface area contributed by atoms with Crippen LogP contribution in [0.15, 0.2) is 47.3 Å². The van der Waals surface area contributed by atoms with Gasteiger partial charge in [-0.1, -0.05) is 23.7 Å². The predicted molar refractivity (Wildman–Crippen MR) is 121 cm³/mol. The molecule has 2 N–H and O–H groups in total. The lowest BCUT2D eigenvalue weighted by molar-refractivity contribution is -0.137. The van der Waals surface area contributed by atoms with E-state index in [-0.39, 0.29) is 30.9 Å². The molecule has 0 spiro atoms. The van der Waals surface area contributed by atoms with Crippen molar-refractivity contribution in [2.24, 2.45) is 0 Å². The smallest absolute Gasteiger partial charge is 0.335 e. The zero-order valence-electron chi connectivity index (χ0n) is 18.2. The van der Waals surface area contributed by atoms with Crippen LogP contribution in [-0.2, 0) is 22.3 Å². The lowest BCUT2D eigenvalue weighted by Gasteiger charge is -2.21. The standard InChI is InChI=1S/C22H21ClF3N5O3/c1-30(10-18-28-17-6-4-3-5-14(17)21(34)29-18)12-20(33)31(2)11-19(32)27-13-7-8-16(23)15(9-13)22(24,25)26/h3-9H,10-12H2,1-2H3,(H,27,32)(H,28,29,34). The van der Waals surface area contributed by atoms with Crippen LogP contribution in [0.2, 0.25) is 5.02 Å². The molecular formula is C22H21ClF3N5O3. The zero-order valence-corrected chi connectivity index (χ0v) is 19.0. The molecule has 0 bridgehead atoms. The molecule has 180 valence electrons. The number of hydrogen-bond donors (Lipinski definition) is 2. The van der Waals surface area contributed by atoms with Crippen molar-refractivity contribution in [1.29, 1.82) is 0 Å². The number of benzene rings is 2. The molecule has 0 fully saturated rings. The van der Waals surface area contributed by atoms with Crippen LogP contribution >= 0.6 is 11.6 Å². The number of nitrogens with one attached hydrogen (secondary N) is 2. The van der Waals surface area contributed by atoms with Crippen molar-refractivity contribution in [3.8, 4) is 0 Å². The average Bonchev–Trinajstić information content (AvgIpc) is 2.74. The molecule has 2 aromatic carbocycles. The van der Waals surface area contributed by atoms with Gasteiger partial charge in [-0.25, -0.2) is 4.98 Å². The van der Waals surface area contributed by atoms with Gasteiger partial charge in [-0.2, -0.15) is 13.2 Å². The normalized spacial score (nSPS) is 11.6. The summed E-state index contributed by atoms with van der Waals surface area (Å²) in [4.78, 5) is 46.7. The largest absolute Gasteiger partial charge is 0.417 e. The highest BCUT2D eigenvalue weighted by Crippen LogP contribution is 2.36. The molecule has 0 aliphatic rings. The average molecular weight is 496 g/mol. The summed E-state index contributed by atoms with van der Waals surface area (Å²) in [5, 5.41) is 2.30. The molecule has 0 aliphatic carbocycles. The molecule has 3 rings (SSSR count). The van der Waals surface area contributed by atoms with Gasteiger partial charge in [0, 0.05) is 12.7 Å². The molecule has 0 aliphatic heterocycles. The van der Waals surface area contributed by atoms with Crippen LogP contribution < -0.4 is 10.9 Å². The first-order valence-corrected chi connectivity index (χ1v) is 10.4. The Kier molecular flexibility index (Phi) is 7.57. The number of nitrogens with zero attached hydrogens (tertiary/aromatic N) is 3. The molecule has 0 radical (unpaired) electrons. The zero-order chi connectivity index (χ0) is 25.0. The number of carbonyl (C=O) groups excluding carboxylic acids is 2. The van der Waals surface area contributed by atoms with E-state index in [0.717, 1.165) is 17.0 Å². The van der Waals surface area contributed by atoms with E-state index >= 15 is 0 Å². The molecule has 0 atom stereocenters. The van der Waals surface area contributed by atoms with E-state index in [9.17, 15) is 27.6 Å². The Bertz CT molecular complexity index is 1280. The second kappa shape index (κ2) is 10.2. The second-order valence-corrected chi connectivity index (χ2v) is 8.10. The SMILES string of the molecule is CN(CC(=O)N(C)CC(=O)Nc1ccc(Cl)c(C(F)(F)F)c1)Cc1nc2ccccc2c(=O)[nH]1. The summed E-state index contributed by atoms with van der Waals surface area (Å²) in [5.41, 5.74) is -0.917. The first-order valence-electron chi connectivity index (χ1n) is 10.0. The molecule has 12 heteroatoms. The molecule has 3 aromatic rings. The first-order chi connectivity index (χ1) is 15.9. The highest BCUT2D eigenvalue weighted by Gasteiger charge is 2.33. The van der Waals surface area contributed by atoms with Crippen molar-refractivity contribution in [3.63, 3.8) is 0 Å². The Labute approximate surface area is 197 Å². The van der Waals surface area contributed by atoms with Gasteiger partial charge < -0.3 is 15.2 Å². The first kappa shape index (κ1) is 25.2.